The Bertz CT molecular complexity index is 1440. The summed E-state index contributed by atoms with van der Waals surface area (Å²) in [5.74, 6) is -1.98. The molecule has 0 aliphatic carbocycles. The van der Waals surface area contributed by atoms with Gasteiger partial charge < -0.3 is 10.0 Å². The van der Waals surface area contributed by atoms with Crippen LogP contribution >= 0.6 is 23.7 Å². The van der Waals surface area contributed by atoms with Crippen LogP contribution in [0.15, 0.2) is 21.2 Å². The normalized spacial score (nSPS) is 18.5. The summed E-state index contributed by atoms with van der Waals surface area (Å²) in [6, 6.07) is 0.744. The van der Waals surface area contributed by atoms with Crippen LogP contribution in [-0.4, -0.2) is 66.8 Å². The summed E-state index contributed by atoms with van der Waals surface area (Å²) < 4.78 is 30.6. The highest BCUT2D eigenvalue weighted by Crippen LogP contribution is 2.37. The van der Waals surface area contributed by atoms with E-state index in [1.54, 1.807) is 21.7 Å². The number of nitrogens with zero attached hydrogens (tertiary/aromatic N) is 4. The molecule has 3 aromatic heterocycles. The van der Waals surface area contributed by atoms with Gasteiger partial charge in [-0.25, -0.2) is 13.6 Å². The number of alkyl halides is 1. The molecule has 1 aromatic carbocycles. The predicted octanol–water partition coefficient (Wildman–Crippen LogP) is 2.42. The summed E-state index contributed by atoms with van der Waals surface area (Å²) >= 11 is 1.15. The van der Waals surface area contributed by atoms with Crippen molar-refractivity contribution in [3.8, 4) is 0 Å². The number of hydrogen-bond acceptors (Lipinski definition) is 6. The van der Waals surface area contributed by atoms with E-state index in [0.29, 0.717) is 46.2 Å². The minimum Gasteiger partial charge on any atom is -0.477 e. The maximum atomic E-state index is 15.4. The summed E-state index contributed by atoms with van der Waals surface area (Å²) in [5.41, 5.74) is 0.292. The maximum absolute atomic E-state index is 15.4. The third-order valence-electron chi connectivity index (χ3n) is 6.05. The first-order valence-corrected chi connectivity index (χ1v) is 10.3. The van der Waals surface area contributed by atoms with Crippen LogP contribution in [0.4, 0.5) is 14.5 Å². The number of carboxylic acids is 1. The van der Waals surface area contributed by atoms with Gasteiger partial charge in [0.2, 0.25) is 5.43 Å². The Kier molecular flexibility index (Phi) is 5.27. The molecule has 1 unspecified atom stereocenters. The first-order valence-electron chi connectivity index (χ1n) is 9.43. The van der Waals surface area contributed by atoms with E-state index in [-0.39, 0.29) is 35.1 Å². The molecule has 0 saturated carbocycles. The van der Waals surface area contributed by atoms with Crippen molar-refractivity contribution in [2.24, 2.45) is 4.99 Å². The highest BCUT2D eigenvalue weighted by molar-refractivity contribution is 7.16. The van der Waals surface area contributed by atoms with E-state index in [1.165, 1.54) is 0 Å². The molecule has 0 amide bonds. The lowest BCUT2D eigenvalue weighted by atomic mass is 10.0. The van der Waals surface area contributed by atoms with Crippen LogP contribution in [0.5, 0.6) is 0 Å². The molecule has 1 aliphatic heterocycles. The number of carboxylic acid groups (broad SMARTS) is 1. The van der Waals surface area contributed by atoms with Crippen molar-refractivity contribution in [3.63, 3.8) is 0 Å². The number of benzene rings is 1. The second kappa shape index (κ2) is 7.54. The Morgan fingerprint density at radius 3 is 2.77 bits per heavy atom. The van der Waals surface area contributed by atoms with Gasteiger partial charge in [0.15, 0.2) is 0 Å². The first kappa shape index (κ1) is 21.7. The molecule has 164 valence electrons. The molecule has 4 heterocycles. The number of carbonyl (C=O) groups is 1. The minimum atomic E-state index is -1.35. The minimum absolute atomic E-state index is 0. The van der Waals surface area contributed by atoms with E-state index in [9.17, 15) is 19.1 Å². The van der Waals surface area contributed by atoms with E-state index in [1.807, 2.05) is 11.9 Å². The lowest BCUT2D eigenvalue weighted by Crippen LogP contribution is -2.52. The number of anilines is 1. The fourth-order valence-electron chi connectivity index (χ4n) is 4.54. The highest BCUT2D eigenvalue weighted by atomic mass is 35.5. The number of pyridine rings is 1. The van der Waals surface area contributed by atoms with Crippen molar-refractivity contribution in [2.75, 3.05) is 45.3 Å². The Balaban J connectivity index is 0.00000231. The molecular formula is C20H19ClF2N4O3S. The summed E-state index contributed by atoms with van der Waals surface area (Å²) in [6.07, 6.45) is 0. The molecule has 31 heavy (non-hydrogen) atoms. The molecule has 7 nitrogen and oxygen atoms in total. The second-order valence-electron chi connectivity index (χ2n) is 7.56. The van der Waals surface area contributed by atoms with E-state index in [0.717, 1.165) is 17.4 Å². The molecule has 1 saturated heterocycles. The van der Waals surface area contributed by atoms with Gasteiger partial charge in [-0.2, -0.15) is 0 Å². The molecule has 0 radical (unpaired) electrons. The van der Waals surface area contributed by atoms with Crippen LogP contribution in [0.2, 0.25) is 0 Å². The number of likely N-dealkylation sites (N-methyl/N-ethyl adjacent to an activating group) is 1. The topological polar surface area (TPSA) is 77.6 Å². The van der Waals surface area contributed by atoms with Crippen LogP contribution in [-0.2, 0) is 0 Å². The van der Waals surface area contributed by atoms with Crippen molar-refractivity contribution >= 4 is 62.0 Å². The molecule has 0 spiro atoms. The van der Waals surface area contributed by atoms with Gasteiger partial charge >= 0.3 is 5.97 Å². The average Bonchev–Trinajstić information content (AvgIpc) is 3.27. The average molecular weight is 469 g/mol. The van der Waals surface area contributed by atoms with E-state index in [2.05, 4.69) is 4.99 Å². The first-order chi connectivity index (χ1) is 14.4. The van der Waals surface area contributed by atoms with Gasteiger partial charge in [-0.05, 0) is 13.1 Å². The standard InChI is InChI=1S/C20H18F2N4O3S.ClH/c1-23-15-12-8-30-19-14(20(28)29)18(27)10-5-11(22)17(13(15)16(10)26(12)19)25-4-3-24(2)9(6-21)7-25;/h5,8-9H,3-4,6-7H2,1-2H3,(H,28,29);1H. The van der Waals surface area contributed by atoms with Crippen LogP contribution in [0, 0.1) is 5.82 Å². The van der Waals surface area contributed by atoms with Crippen LogP contribution in [0.25, 0.3) is 26.6 Å². The van der Waals surface area contributed by atoms with Crippen molar-refractivity contribution < 1.29 is 18.7 Å². The van der Waals surface area contributed by atoms with Crippen molar-refractivity contribution in [3.05, 3.63) is 38.4 Å². The Hall–Kier alpha value is -2.56. The summed E-state index contributed by atoms with van der Waals surface area (Å²) in [6.45, 7) is 0.818. The lowest BCUT2D eigenvalue weighted by molar-refractivity contribution is 0.0697. The number of aromatic nitrogens is 1. The summed E-state index contributed by atoms with van der Waals surface area (Å²) in [7, 11) is 3.42. The maximum Gasteiger partial charge on any atom is 0.342 e. The quantitative estimate of drug-likeness (QED) is 0.499. The molecule has 1 fully saturated rings. The third-order valence-corrected chi connectivity index (χ3v) is 7.00. The van der Waals surface area contributed by atoms with Gasteiger partial charge in [0.25, 0.3) is 0 Å². The zero-order valence-corrected chi connectivity index (χ0v) is 18.3. The smallest absolute Gasteiger partial charge is 0.342 e. The van der Waals surface area contributed by atoms with Gasteiger partial charge in [0.05, 0.1) is 38.9 Å². The van der Waals surface area contributed by atoms with Crippen LogP contribution in [0.3, 0.4) is 0 Å². The van der Waals surface area contributed by atoms with Crippen molar-refractivity contribution in [2.45, 2.75) is 6.04 Å². The van der Waals surface area contributed by atoms with Crippen molar-refractivity contribution in [1.82, 2.24) is 9.30 Å². The van der Waals surface area contributed by atoms with Gasteiger partial charge in [0, 0.05) is 32.1 Å². The van der Waals surface area contributed by atoms with Gasteiger partial charge in [-0.15, -0.1) is 23.7 Å². The molecule has 5 rings (SSSR count). The predicted molar refractivity (Wildman–Crippen MR) is 119 cm³/mol. The number of hydrogen-bond donors (Lipinski definition) is 1. The van der Waals surface area contributed by atoms with E-state index in [4.69, 9.17) is 0 Å². The fourth-order valence-corrected chi connectivity index (χ4v) is 5.57. The van der Waals surface area contributed by atoms with Gasteiger partial charge in [0.1, 0.15) is 22.9 Å². The molecular weight excluding hydrogens is 450 g/mol. The summed E-state index contributed by atoms with van der Waals surface area (Å²) in [5, 5.41) is 12.3. The monoisotopic (exact) mass is 468 g/mol. The van der Waals surface area contributed by atoms with Crippen molar-refractivity contribution in [1.29, 1.82) is 0 Å². The highest BCUT2D eigenvalue weighted by Gasteiger charge is 2.32. The molecule has 4 aromatic rings. The third kappa shape index (κ3) is 2.81. The number of aromatic carboxylic acids is 1. The van der Waals surface area contributed by atoms with E-state index >= 15 is 4.39 Å². The number of rotatable bonds is 3. The molecule has 11 heteroatoms. The molecule has 1 atom stereocenters. The number of thiazole rings is 1. The zero-order valence-electron chi connectivity index (χ0n) is 16.7. The molecule has 1 N–H and O–H groups in total. The Morgan fingerprint density at radius 2 is 2.13 bits per heavy atom. The number of piperazine rings is 1. The SMILES string of the molecule is CN=c1c2c(N3CCN(C)C(CF)C3)c(F)cc3c(=O)c(C(=O)O)c4scc1n4c32.Cl. The van der Waals surface area contributed by atoms with Crippen LogP contribution in [0.1, 0.15) is 10.4 Å². The van der Waals surface area contributed by atoms with Gasteiger partial charge in [-0.1, -0.05) is 0 Å². The molecule has 1 aliphatic rings. The summed E-state index contributed by atoms with van der Waals surface area (Å²) in [4.78, 5) is 33.1. The molecule has 0 bridgehead atoms. The zero-order chi connectivity index (χ0) is 21.3. The fraction of sp³-hybridized carbons (Fsp3) is 0.350. The van der Waals surface area contributed by atoms with Crippen LogP contribution < -0.4 is 15.7 Å². The van der Waals surface area contributed by atoms with E-state index < -0.39 is 23.9 Å². The largest absolute Gasteiger partial charge is 0.477 e. The lowest BCUT2D eigenvalue weighted by Gasteiger charge is -2.39. The Labute approximate surface area is 184 Å². The second-order valence-corrected chi connectivity index (χ2v) is 8.41. The number of halogens is 3. The Morgan fingerprint density at radius 1 is 1.39 bits per heavy atom. The van der Waals surface area contributed by atoms with Gasteiger partial charge in [-0.3, -0.25) is 19.1 Å².